The second-order valence-electron chi connectivity index (χ2n) is 7.15. The van der Waals surface area contributed by atoms with Gasteiger partial charge in [0.05, 0.1) is 16.7 Å². The second kappa shape index (κ2) is 7.38. The highest BCUT2D eigenvalue weighted by Gasteiger charge is 2.24. The van der Waals surface area contributed by atoms with Gasteiger partial charge in [-0.3, -0.25) is 4.72 Å². The third-order valence-corrected chi connectivity index (χ3v) is 6.26. The second-order valence-corrected chi connectivity index (χ2v) is 8.84. The van der Waals surface area contributed by atoms with Gasteiger partial charge in [0, 0.05) is 11.4 Å². The molecule has 150 valence electrons. The normalized spacial score (nSPS) is 16.1. The first-order valence-corrected chi connectivity index (χ1v) is 10.7. The van der Waals surface area contributed by atoms with Crippen LogP contribution in [0.1, 0.15) is 37.1 Å². The molecule has 2 heterocycles. The van der Waals surface area contributed by atoms with Gasteiger partial charge in [-0.2, -0.15) is 0 Å². The summed E-state index contributed by atoms with van der Waals surface area (Å²) in [4.78, 5) is 6.26. The average Bonchev–Trinajstić information content (AvgIpc) is 3.19. The number of nitrogens with two attached hydrogens (primary N) is 1. The van der Waals surface area contributed by atoms with E-state index in [0.717, 1.165) is 16.8 Å². The van der Waals surface area contributed by atoms with E-state index in [1.165, 1.54) is 0 Å². The van der Waals surface area contributed by atoms with Crippen molar-refractivity contribution in [2.45, 2.75) is 30.8 Å². The molecule has 2 aromatic carbocycles. The Morgan fingerprint density at radius 2 is 1.76 bits per heavy atom. The van der Waals surface area contributed by atoms with Crippen LogP contribution in [-0.2, 0) is 10.0 Å². The zero-order valence-corrected chi connectivity index (χ0v) is 16.9. The quantitative estimate of drug-likeness (QED) is 0.651. The molecule has 1 atom stereocenters. The van der Waals surface area contributed by atoms with E-state index in [1.807, 2.05) is 12.1 Å². The Morgan fingerprint density at radius 3 is 2.41 bits per heavy atom. The largest absolute Gasteiger partial charge is 0.446 e. The number of hydrogen-bond donors (Lipinski definition) is 2. The predicted molar refractivity (Wildman–Crippen MR) is 114 cm³/mol. The van der Waals surface area contributed by atoms with Crippen molar-refractivity contribution >= 4 is 33.6 Å². The smallest absolute Gasteiger partial charge is 0.261 e. The number of hydrogen-bond acceptors (Lipinski definition) is 6. The molecule has 0 spiro atoms. The maximum atomic E-state index is 12.7. The summed E-state index contributed by atoms with van der Waals surface area (Å²) in [6.07, 6.45) is 2.73. The number of benzene rings is 2. The van der Waals surface area contributed by atoms with E-state index in [2.05, 4.69) is 23.6 Å². The molecule has 8 heteroatoms. The van der Waals surface area contributed by atoms with Crippen LogP contribution in [0.25, 0.3) is 0 Å². The van der Waals surface area contributed by atoms with Crippen molar-refractivity contribution in [3.05, 3.63) is 72.0 Å². The lowest BCUT2D eigenvalue weighted by atomic mass is 10.0. The molecule has 0 radical (unpaired) electrons. The Morgan fingerprint density at radius 1 is 1.07 bits per heavy atom. The van der Waals surface area contributed by atoms with Crippen LogP contribution in [0.3, 0.4) is 0 Å². The summed E-state index contributed by atoms with van der Waals surface area (Å²) in [5, 5.41) is 0. The van der Waals surface area contributed by atoms with Gasteiger partial charge < -0.3 is 15.1 Å². The SMILES string of the molecule is CC(C)c1ccc(S(=O)(=O)Nc2ccc(N3C=Nc4occc4C3N)cc2)cc1. The van der Waals surface area contributed by atoms with Crippen molar-refractivity contribution in [1.29, 1.82) is 0 Å². The van der Waals surface area contributed by atoms with E-state index >= 15 is 0 Å². The minimum atomic E-state index is -3.66. The van der Waals surface area contributed by atoms with E-state index in [-0.39, 0.29) is 4.90 Å². The maximum Gasteiger partial charge on any atom is 0.261 e. The van der Waals surface area contributed by atoms with Crippen molar-refractivity contribution in [3.63, 3.8) is 0 Å². The molecule has 1 unspecified atom stereocenters. The summed E-state index contributed by atoms with van der Waals surface area (Å²) < 4.78 is 33.2. The highest BCUT2D eigenvalue weighted by molar-refractivity contribution is 7.92. The summed E-state index contributed by atoms with van der Waals surface area (Å²) in [6, 6.07) is 15.7. The summed E-state index contributed by atoms with van der Waals surface area (Å²) >= 11 is 0. The molecule has 3 N–H and O–H groups in total. The van der Waals surface area contributed by atoms with Gasteiger partial charge in [0.2, 0.25) is 5.88 Å². The standard InChI is InChI=1S/C21H22N4O3S/c1-14(2)15-3-9-18(10-4-15)29(26,27)24-16-5-7-17(8-6-16)25-13-23-21-19(20(25)22)11-12-28-21/h3-14,20,24H,22H2,1-2H3. The summed E-state index contributed by atoms with van der Waals surface area (Å²) in [5.41, 5.74) is 9.42. The van der Waals surface area contributed by atoms with E-state index < -0.39 is 16.2 Å². The number of anilines is 2. The fourth-order valence-corrected chi connectivity index (χ4v) is 4.21. The molecule has 0 amide bonds. The molecule has 3 aromatic rings. The predicted octanol–water partition coefficient (Wildman–Crippen LogP) is 4.34. The van der Waals surface area contributed by atoms with Crippen molar-refractivity contribution < 1.29 is 12.8 Å². The number of rotatable bonds is 5. The zero-order chi connectivity index (χ0) is 20.6. The molecule has 29 heavy (non-hydrogen) atoms. The molecule has 1 aliphatic heterocycles. The molecule has 0 fully saturated rings. The zero-order valence-electron chi connectivity index (χ0n) is 16.1. The first-order valence-electron chi connectivity index (χ1n) is 9.23. The van der Waals surface area contributed by atoms with Crippen molar-refractivity contribution in [2.24, 2.45) is 10.7 Å². The summed E-state index contributed by atoms with van der Waals surface area (Å²) in [5.74, 6) is 0.844. The molecule has 1 aliphatic rings. The molecular formula is C21H22N4O3S. The van der Waals surface area contributed by atoms with E-state index in [4.69, 9.17) is 10.2 Å². The van der Waals surface area contributed by atoms with E-state index in [0.29, 0.717) is 17.5 Å². The Bertz CT molecular complexity index is 1130. The van der Waals surface area contributed by atoms with E-state index in [1.54, 1.807) is 60.0 Å². The van der Waals surface area contributed by atoms with Crippen LogP contribution in [0, 0.1) is 0 Å². The monoisotopic (exact) mass is 410 g/mol. The van der Waals surface area contributed by atoms with Crippen LogP contribution in [0.5, 0.6) is 0 Å². The lowest BCUT2D eigenvalue weighted by Gasteiger charge is -2.29. The number of furan rings is 1. The molecule has 1 aromatic heterocycles. The first-order chi connectivity index (χ1) is 13.8. The molecule has 4 rings (SSSR count). The Kier molecular flexibility index (Phi) is 4.89. The number of sulfonamides is 1. The van der Waals surface area contributed by atoms with Crippen LogP contribution in [0.2, 0.25) is 0 Å². The van der Waals surface area contributed by atoms with Gasteiger partial charge in [0.15, 0.2) is 0 Å². The third-order valence-electron chi connectivity index (χ3n) is 4.87. The molecule has 0 aliphatic carbocycles. The van der Waals surface area contributed by atoms with Gasteiger partial charge >= 0.3 is 0 Å². The molecular weight excluding hydrogens is 388 g/mol. The van der Waals surface area contributed by atoms with Crippen LogP contribution >= 0.6 is 0 Å². The van der Waals surface area contributed by atoms with Crippen molar-refractivity contribution in [3.8, 4) is 0 Å². The van der Waals surface area contributed by atoms with Gasteiger partial charge in [-0.25, -0.2) is 13.4 Å². The number of nitrogens with zero attached hydrogens (tertiary/aromatic N) is 2. The summed E-state index contributed by atoms with van der Waals surface area (Å²) in [7, 11) is -3.66. The fourth-order valence-electron chi connectivity index (χ4n) is 3.15. The maximum absolute atomic E-state index is 12.7. The highest BCUT2D eigenvalue weighted by atomic mass is 32.2. The topological polar surface area (TPSA) is 101 Å². The Balaban J connectivity index is 1.51. The van der Waals surface area contributed by atoms with Crippen molar-refractivity contribution in [1.82, 2.24) is 0 Å². The van der Waals surface area contributed by atoms with Crippen LogP contribution in [0.4, 0.5) is 17.3 Å². The van der Waals surface area contributed by atoms with Crippen LogP contribution in [-0.4, -0.2) is 14.8 Å². The minimum absolute atomic E-state index is 0.226. The average molecular weight is 410 g/mol. The molecule has 0 saturated carbocycles. The van der Waals surface area contributed by atoms with Crippen molar-refractivity contribution in [2.75, 3.05) is 9.62 Å². The van der Waals surface area contributed by atoms with Gasteiger partial charge in [-0.15, -0.1) is 0 Å². The lowest BCUT2D eigenvalue weighted by molar-refractivity contribution is 0.567. The first kappa shape index (κ1) is 19.2. The van der Waals surface area contributed by atoms with Crippen LogP contribution < -0.4 is 15.4 Å². The fraction of sp³-hybridized carbons (Fsp3) is 0.190. The minimum Gasteiger partial charge on any atom is -0.446 e. The van der Waals surface area contributed by atoms with E-state index in [9.17, 15) is 8.42 Å². The number of nitrogens with one attached hydrogen (secondary N) is 1. The van der Waals surface area contributed by atoms with Crippen LogP contribution in [0.15, 0.2) is 75.2 Å². The molecule has 0 saturated heterocycles. The Labute approximate surface area is 169 Å². The van der Waals surface area contributed by atoms with Gasteiger partial charge in [0.25, 0.3) is 10.0 Å². The summed E-state index contributed by atoms with van der Waals surface area (Å²) in [6.45, 7) is 4.13. The number of fused-ring (bicyclic) bond motifs is 1. The van der Waals surface area contributed by atoms with Gasteiger partial charge in [0.1, 0.15) is 12.5 Å². The Hall–Kier alpha value is -3.10. The van der Waals surface area contributed by atoms with Gasteiger partial charge in [-0.05, 0) is 53.9 Å². The molecule has 0 bridgehead atoms. The number of aliphatic imine (C=N–C) groups is 1. The molecule has 7 nitrogen and oxygen atoms in total. The lowest BCUT2D eigenvalue weighted by Crippen LogP contribution is -2.35. The third kappa shape index (κ3) is 3.76. The van der Waals surface area contributed by atoms with Gasteiger partial charge in [-0.1, -0.05) is 26.0 Å². The highest BCUT2D eigenvalue weighted by Crippen LogP contribution is 2.34.